The zero-order chi connectivity index (χ0) is 26.4. The van der Waals surface area contributed by atoms with Gasteiger partial charge in [-0.1, -0.05) is 19.1 Å². The Labute approximate surface area is 218 Å². The molecule has 198 valence electrons. The molecule has 4 rings (SSSR count). The highest BCUT2D eigenvalue weighted by molar-refractivity contribution is 6.46. The maximum atomic E-state index is 13.3. The van der Waals surface area contributed by atoms with E-state index in [0.29, 0.717) is 50.0 Å². The summed E-state index contributed by atoms with van der Waals surface area (Å²) in [6, 6.07) is 13.6. The number of benzene rings is 2. The van der Waals surface area contributed by atoms with E-state index in [1.54, 1.807) is 29.2 Å². The summed E-state index contributed by atoms with van der Waals surface area (Å²) in [6.45, 7) is 10.3. The van der Waals surface area contributed by atoms with Gasteiger partial charge in [0.15, 0.2) is 0 Å². The smallest absolute Gasteiger partial charge is 0.295 e. The first-order chi connectivity index (χ1) is 17.9. The minimum absolute atomic E-state index is 0.0124. The van der Waals surface area contributed by atoms with Crippen molar-refractivity contribution in [2.45, 2.75) is 39.3 Å². The van der Waals surface area contributed by atoms with Crippen molar-refractivity contribution in [2.75, 3.05) is 46.0 Å². The molecule has 1 unspecified atom stereocenters. The van der Waals surface area contributed by atoms with E-state index in [0.717, 1.165) is 25.1 Å². The number of carbonyl (C=O) groups is 2. The van der Waals surface area contributed by atoms with Crippen molar-refractivity contribution in [3.05, 3.63) is 65.2 Å². The van der Waals surface area contributed by atoms with Crippen molar-refractivity contribution in [1.82, 2.24) is 9.80 Å². The SMILES string of the molecule is CCCOc1cccc(C2/C(=C(/O)c3ccc(OC(C)C)cc3)C(=O)C(=O)N2CCN2CCOCC2)c1. The van der Waals surface area contributed by atoms with E-state index < -0.39 is 17.7 Å². The van der Waals surface area contributed by atoms with Gasteiger partial charge < -0.3 is 24.2 Å². The molecule has 0 radical (unpaired) electrons. The van der Waals surface area contributed by atoms with Crippen molar-refractivity contribution in [3.8, 4) is 11.5 Å². The van der Waals surface area contributed by atoms with Crippen LogP contribution in [0.5, 0.6) is 11.5 Å². The number of aliphatic hydroxyl groups is 1. The van der Waals surface area contributed by atoms with Crippen molar-refractivity contribution in [2.24, 2.45) is 0 Å². The van der Waals surface area contributed by atoms with Crippen LogP contribution in [0, 0.1) is 0 Å². The molecule has 2 aliphatic rings. The normalized spacial score (nSPS) is 20.0. The van der Waals surface area contributed by atoms with Crippen molar-refractivity contribution in [1.29, 1.82) is 0 Å². The summed E-state index contributed by atoms with van der Waals surface area (Å²) in [4.78, 5) is 30.4. The summed E-state index contributed by atoms with van der Waals surface area (Å²) in [5.74, 6) is -0.178. The standard InChI is InChI=1S/C29H36N2O6/c1-4-16-36-24-7-5-6-22(19-24)26-25(27(32)21-8-10-23(11-9-21)37-20(2)3)28(33)29(34)31(26)13-12-30-14-17-35-18-15-30/h5-11,19-20,26,32H,4,12-18H2,1-3H3/b27-25-. The van der Waals surface area contributed by atoms with Gasteiger partial charge in [-0.25, -0.2) is 0 Å². The Morgan fingerprint density at radius 1 is 1.05 bits per heavy atom. The molecule has 8 nitrogen and oxygen atoms in total. The van der Waals surface area contributed by atoms with Gasteiger partial charge in [-0.2, -0.15) is 0 Å². The third-order valence-electron chi connectivity index (χ3n) is 6.45. The largest absolute Gasteiger partial charge is 0.507 e. The van der Waals surface area contributed by atoms with Crippen molar-refractivity contribution in [3.63, 3.8) is 0 Å². The van der Waals surface area contributed by atoms with Crippen molar-refractivity contribution >= 4 is 17.4 Å². The Kier molecular flexibility index (Phi) is 8.84. The monoisotopic (exact) mass is 508 g/mol. The molecule has 8 heteroatoms. The van der Waals surface area contributed by atoms with Gasteiger partial charge in [0.05, 0.1) is 37.5 Å². The van der Waals surface area contributed by atoms with Crippen LogP contribution in [0.2, 0.25) is 0 Å². The fourth-order valence-electron chi connectivity index (χ4n) is 4.64. The molecule has 0 aliphatic carbocycles. The van der Waals surface area contributed by atoms with Gasteiger partial charge in [-0.15, -0.1) is 0 Å². The molecule has 1 atom stereocenters. The molecular weight excluding hydrogens is 472 g/mol. The number of hydrogen-bond acceptors (Lipinski definition) is 7. The lowest BCUT2D eigenvalue weighted by molar-refractivity contribution is -0.140. The number of ketones is 1. The van der Waals surface area contributed by atoms with E-state index in [9.17, 15) is 14.7 Å². The lowest BCUT2D eigenvalue weighted by atomic mass is 9.95. The summed E-state index contributed by atoms with van der Waals surface area (Å²) in [5.41, 5.74) is 1.25. The number of ether oxygens (including phenoxy) is 3. The first-order valence-corrected chi connectivity index (χ1v) is 13.0. The number of hydrogen-bond donors (Lipinski definition) is 1. The predicted molar refractivity (Wildman–Crippen MR) is 141 cm³/mol. The van der Waals surface area contributed by atoms with Crippen LogP contribution in [0.3, 0.4) is 0 Å². The van der Waals surface area contributed by atoms with E-state index in [4.69, 9.17) is 14.2 Å². The highest BCUT2D eigenvalue weighted by atomic mass is 16.5. The van der Waals surface area contributed by atoms with Gasteiger partial charge in [-0.3, -0.25) is 14.5 Å². The van der Waals surface area contributed by atoms with Crippen LogP contribution in [0.15, 0.2) is 54.1 Å². The summed E-state index contributed by atoms with van der Waals surface area (Å²) in [5, 5.41) is 11.3. The fraction of sp³-hybridized carbons (Fsp3) is 0.448. The molecule has 2 aromatic rings. The molecule has 2 heterocycles. The Hall–Kier alpha value is -3.36. The zero-order valence-electron chi connectivity index (χ0n) is 21.8. The van der Waals surface area contributed by atoms with Crippen LogP contribution in [0.4, 0.5) is 0 Å². The van der Waals surface area contributed by atoms with E-state index in [1.165, 1.54) is 0 Å². The number of rotatable bonds is 10. The Morgan fingerprint density at radius 2 is 1.78 bits per heavy atom. The van der Waals surface area contributed by atoms with Gasteiger partial charge in [0.25, 0.3) is 11.7 Å². The zero-order valence-corrected chi connectivity index (χ0v) is 21.8. The molecule has 2 saturated heterocycles. The second kappa shape index (κ2) is 12.3. The van der Waals surface area contributed by atoms with E-state index in [-0.39, 0.29) is 17.4 Å². The average molecular weight is 509 g/mol. The minimum Gasteiger partial charge on any atom is -0.507 e. The fourth-order valence-corrected chi connectivity index (χ4v) is 4.64. The molecule has 0 bridgehead atoms. The average Bonchev–Trinajstić information content (AvgIpc) is 3.16. The van der Waals surface area contributed by atoms with Gasteiger partial charge in [0.2, 0.25) is 0 Å². The van der Waals surface area contributed by atoms with Crippen molar-refractivity contribution < 1.29 is 28.9 Å². The minimum atomic E-state index is -0.724. The number of aliphatic hydroxyl groups excluding tert-OH is 1. The number of nitrogens with zero attached hydrogens (tertiary/aromatic N) is 2. The summed E-state index contributed by atoms with van der Waals surface area (Å²) in [6.07, 6.45) is 0.872. The maximum absolute atomic E-state index is 13.3. The lowest BCUT2D eigenvalue weighted by Crippen LogP contribution is -2.42. The number of likely N-dealkylation sites (tertiary alicyclic amines) is 1. The Bertz CT molecular complexity index is 1120. The summed E-state index contributed by atoms with van der Waals surface area (Å²) >= 11 is 0. The first kappa shape index (κ1) is 26.7. The molecule has 0 spiro atoms. The molecule has 1 N–H and O–H groups in total. The predicted octanol–water partition coefficient (Wildman–Crippen LogP) is 4.02. The number of Topliss-reactive ketones (excluding diaryl/α,β-unsaturated/α-hetero) is 1. The highest BCUT2D eigenvalue weighted by Crippen LogP contribution is 2.40. The summed E-state index contributed by atoms with van der Waals surface area (Å²) in [7, 11) is 0. The Morgan fingerprint density at radius 3 is 2.46 bits per heavy atom. The topological polar surface area (TPSA) is 88.5 Å². The molecule has 37 heavy (non-hydrogen) atoms. The second-order valence-electron chi connectivity index (χ2n) is 9.56. The summed E-state index contributed by atoms with van der Waals surface area (Å²) < 4.78 is 17.0. The molecular formula is C29H36N2O6. The molecule has 1 amide bonds. The first-order valence-electron chi connectivity index (χ1n) is 13.0. The van der Waals surface area contributed by atoms with E-state index in [2.05, 4.69) is 4.90 Å². The van der Waals surface area contributed by atoms with Crippen LogP contribution in [0.25, 0.3) is 5.76 Å². The third-order valence-corrected chi connectivity index (χ3v) is 6.45. The highest BCUT2D eigenvalue weighted by Gasteiger charge is 2.46. The number of morpholine rings is 1. The van der Waals surface area contributed by atoms with Crippen LogP contribution in [-0.2, 0) is 14.3 Å². The lowest BCUT2D eigenvalue weighted by Gasteiger charge is -2.31. The molecule has 2 aromatic carbocycles. The number of amides is 1. The van der Waals surface area contributed by atoms with Crippen LogP contribution in [-0.4, -0.2) is 78.7 Å². The van der Waals surface area contributed by atoms with Gasteiger partial charge in [0.1, 0.15) is 17.3 Å². The van der Waals surface area contributed by atoms with Crippen LogP contribution < -0.4 is 9.47 Å². The van der Waals surface area contributed by atoms with E-state index in [1.807, 2.05) is 45.0 Å². The molecule has 2 fully saturated rings. The van der Waals surface area contributed by atoms with Crippen LogP contribution >= 0.6 is 0 Å². The molecule has 0 saturated carbocycles. The molecule has 0 aromatic heterocycles. The van der Waals surface area contributed by atoms with E-state index >= 15 is 0 Å². The Balaban J connectivity index is 1.71. The third kappa shape index (κ3) is 6.32. The van der Waals surface area contributed by atoms with Gasteiger partial charge >= 0.3 is 0 Å². The van der Waals surface area contributed by atoms with Gasteiger partial charge in [0, 0.05) is 31.7 Å². The number of carbonyl (C=O) groups excluding carboxylic acids is 2. The molecule has 2 aliphatic heterocycles. The van der Waals surface area contributed by atoms with Crippen LogP contribution in [0.1, 0.15) is 44.4 Å². The quantitative estimate of drug-likeness (QED) is 0.295. The maximum Gasteiger partial charge on any atom is 0.295 e. The van der Waals surface area contributed by atoms with Gasteiger partial charge in [-0.05, 0) is 62.2 Å². The second-order valence-corrected chi connectivity index (χ2v) is 9.56.